The molecule has 7 heteroatoms. The summed E-state index contributed by atoms with van der Waals surface area (Å²) >= 11 is 0. The van der Waals surface area contributed by atoms with Gasteiger partial charge in [0.2, 0.25) is 0 Å². The van der Waals surface area contributed by atoms with Crippen LogP contribution in [0.4, 0.5) is 0 Å². The largest absolute Gasteiger partial charge is 0.388 e. The summed E-state index contributed by atoms with van der Waals surface area (Å²) in [6.45, 7) is 8.06. The van der Waals surface area contributed by atoms with E-state index >= 15 is 0 Å². The van der Waals surface area contributed by atoms with Crippen molar-refractivity contribution in [2.75, 3.05) is 6.54 Å². The summed E-state index contributed by atoms with van der Waals surface area (Å²) < 4.78 is 1.56. The fourth-order valence-electron chi connectivity index (χ4n) is 3.00. The Bertz CT molecular complexity index is 773. The average Bonchev–Trinajstić information content (AvgIpc) is 2.95. The molecule has 134 valence electrons. The molecule has 2 aromatic rings. The second-order valence-electron chi connectivity index (χ2n) is 7.24. The van der Waals surface area contributed by atoms with Gasteiger partial charge in [0.15, 0.2) is 0 Å². The first-order chi connectivity index (χ1) is 11.8. The average molecular weight is 343 g/mol. The van der Waals surface area contributed by atoms with Crippen LogP contribution in [-0.2, 0) is 0 Å². The molecule has 1 saturated carbocycles. The van der Waals surface area contributed by atoms with Crippen LogP contribution in [0.2, 0.25) is 0 Å². The van der Waals surface area contributed by atoms with Crippen molar-refractivity contribution in [1.29, 1.82) is 0 Å². The molecule has 0 unspecified atom stereocenters. The van der Waals surface area contributed by atoms with E-state index in [2.05, 4.69) is 20.4 Å². The Balaban J connectivity index is 1.87. The van der Waals surface area contributed by atoms with E-state index in [1.165, 1.54) is 0 Å². The minimum atomic E-state index is -0.750. The summed E-state index contributed by atoms with van der Waals surface area (Å²) in [5, 5.41) is 17.5. The second-order valence-corrected chi connectivity index (χ2v) is 7.24. The van der Waals surface area contributed by atoms with Crippen molar-refractivity contribution in [2.24, 2.45) is 0 Å². The van der Waals surface area contributed by atoms with E-state index in [0.29, 0.717) is 17.2 Å². The Morgan fingerprint density at radius 2 is 1.96 bits per heavy atom. The number of rotatable bonds is 5. The van der Waals surface area contributed by atoms with Crippen molar-refractivity contribution in [3.63, 3.8) is 0 Å². The Morgan fingerprint density at radius 3 is 2.48 bits per heavy atom. The maximum Gasteiger partial charge on any atom is 0.254 e. The van der Waals surface area contributed by atoms with Crippen LogP contribution in [-0.4, -0.2) is 42.9 Å². The third-order valence-electron chi connectivity index (χ3n) is 4.57. The highest BCUT2D eigenvalue weighted by Gasteiger charge is 2.35. The summed E-state index contributed by atoms with van der Waals surface area (Å²) in [7, 11) is 0. The van der Waals surface area contributed by atoms with Crippen molar-refractivity contribution >= 4 is 5.91 Å². The van der Waals surface area contributed by atoms with Gasteiger partial charge >= 0.3 is 0 Å². The predicted octanol–water partition coefficient (Wildman–Crippen LogP) is 2.05. The van der Waals surface area contributed by atoms with Gasteiger partial charge in [-0.1, -0.05) is 13.8 Å². The van der Waals surface area contributed by atoms with Crippen molar-refractivity contribution < 1.29 is 9.90 Å². The zero-order valence-corrected chi connectivity index (χ0v) is 15.2. The number of aryl methyl sites for hydroxylation is 2. The van der Waals surface area contributed by atoms with Gasteiger partial charge in [0.1, 0.15) is 0 Å². The fraction of sp³-hybridized carbons (Fsp3) is 0.556. The molecule has 25 heavy (non-hydrogen) atoms. The van der Waals surface area contributed by atoms with Gasteiger partial charge in [-0.15, -0.1) is 0 Å². The molecule has 2 N–H and O–H groups in total. The molecule has 1 amide bonds. The van der Waals surface area contributed by atoms with E-state index in [9.17, 15) is 9.90 Å². The van der Waals surface area contributed by atoms with Crippen LogP contribution < -0.4 is 5.32 Å². The van der Waals surface area contributed by atoms with Gasteiger partial charge in [-0.3, -0.25) is 4.79 Å². The smallest absolute Gasteiger partial charge is 0.254 e. The standard InChI is InChI=1S/C18H25N5O2/c1-11(2)15-14(16(24)19-10-18(25)6-5-7-18)9-23(22-15)17-20-12(3)8-13(4)21-17/h8-9,11,25H,5-7,10H2,1-4H3,(H,19,24). The molecule has 0 spiro atoms. The van der Waals surface area contributed by atoms with Crippen LogP contribution in [0.1, 0.15) is 66.5 Å². The highest BCUT2D eigenvalue weighted by Crippen LogP contribution is 2.30. The van der Waals surface area contributed by atoms with Crippen LogP contribution in [0.25, 0.3) is 5.95 Å². The number of amides is 1. The Kier molecular flexibility index (Phi) is 4.60. The van der Waals surface area contributed by atoms with Gasteiger partial charge in [0.05, 0.1) is 16.9 Å². The maximum atomic E-state index is 12.6. The highest BCUT2D eigenvalue weighted by atomic mass is 16.3. The highest BCUT2D eigenvalue weighted by molar-refractivity contribution is 5.95. The quantitative estimate of drug-likeness (QED) is 0.867. The number of hydrogen-bond donors (Lipinski definition) is 2. The summed E-state index contributed by atoms with van der Waals surface area (Å²) in [4.78, 5) is 21.4. The lowest BCUT2D eigenvalue weighted by Gasteiger charge is -2.36. The molecular weight excluding hydrogens is 318 g/mol. The summed E-state index contributed by atoms with van der Waals surface area (Å²) in [6.07, 6.45) is 4.15. The zero-order valence-electron chi connectivity index (χ0n) is 15.2. The minimum absolute atomic E-state index is 0.0831. The van der Waals surface area contributed by atoms with E-state index in [1.807, 2.05) is 33.8 Å². The molecule has 0 bridgehead atoms. The van der Waals surface area contributed by atoms with Crippen LogP contribution in [0.15, 0.2) is 12.3 Å². The topological polar surface area (TPSA) is 92.9 Å². The van der Waals surface area contributed by atoms with E-state index in [1.54, 1.807) is 10.9 Å². The third-order valence-corrected chi connectivity index (χ3v) is 4.57. The second kappa shape index (κ2) is 6.55. The molecule has 0 atom stereocenters. The van der Waals surface area contributed by atoms with Gasteiger partial charge < -0.3 is 10.4 Å². The van der Waals surface area contributed by atoms with Crippen LogP contribution in [0.3, 0.4) is 0 Å². The van der Waals surface area contributed by atoms with E-state index in [4.69, 9.17) is 0 Å². The summed E-state index contributed by atoms with van der Waals surface area (Å²) in [5.74, 6) is 0.315. The summed E-state index contributed by atoms with van der Waals surface area (Å²) in [5.41, 5.74) is 2.14. The molecule has 2 aromatic heterocycles. The molecule has 1 fully saturated rings. The Labute approximate surface area is 147 Å². The van der Waals surface area contributed by atoms with Gasteiger partial charge in [0, 0.05) is 24.1 Å². The van der Waals surface area contributed by atoms with Crippen molar-refractivity contribution in [1.82, 2.24) is 25.1 Å². The van der Waals surface area contributed by atoms with Gasteiger partial charge in [-0.2, -0.15) is 5.10 Å². The normalized spacial score (nSPS) is 15.9. The predicted molar refractivity (Wildman–Crippen MR) is 93.9 cm³/mol. The van der Waals surface area contributed by atoms with Crippen LogP contribution in [0.5, 0.6) is 0 Å². The molecule has 0 saturated heterocycles. The number of aliphatic hydroxyl groups is 1. The monoisotopic (exact) mass is 343 g/mol. The van der Waals surface area contributed by atoms with Crippen LogP contribution in [0, 0.1) is 13.8 Å². The number of carbonyl (C=O) groups is 1. The lowest BCUT2D eigenvalue weighted by Crippen LogP contribution is -2.47. The van der Waals surface area contributed by atoms with Gasteiger partial charge in [0.25, 0.3) is 11.9 Å². The number of hydrogen-bond acceptors (Lipinski definition) is 5. The van der Waals surface area contributed by atoms with Crippen molar-refractivity contribution in [2.45, 2.75) is 58.5 Å². The zero-order chi connectivity index (χ0) is 18.2. The number of nitrogens with one attached hydrogen (secondary N) is 1. The summed E-state index contributed by atoms with van der Waals surface area (Å²) in [6, 6.07) is 1.89. The van der Waals surface area contributed by atoms with Gasteiger partial charge in [-0.05, 0) is 45.1 Å². The Morgan fingerprint density at radius 1 is 1.32 bits per heavy atom. The first-order valence-corrected chi connectivity index (χ1v) is 8.70. The molecule has 1 aliphatic rings. The molecule has 0 aromatic carbocycles. The molecule has 3 rings (SSSR count). The number of nitrogens with zero attached hydrogens (tertiary/aromatic N) is 4. The molecule has 0 aliphatic heterocycles. The SMILES string of the molecule is Cc1cc(C)nc(-n2cc(C(=O)NCC3(O)CCC3)c(C(C)C)n2)n1. The van der Waals surface area contributed by atoms with E-state index < -0.39 is 5.60 Å². The molecule has 1 aliphatic carbocycles. The lowest BCUT2D eigenvalue weighted by molar-refractivity contribution is -0.0300. The van der Waals surface area contributed by atoms with E-state index in [-0.39, 0.29) is 18.4 Å². The lowest BCUT2D eigenvalue weighted by atomic mass is 9.80. The first-order valence-electron chi connectivity index (χ1n) is 8.70. The fourth-order valence-corrected chi connectivity index (χ4v) is 3.00. The van der Waals surface area contributed by atoms with E-state index in [0.717, 1.165) is 30.7 Å². The third kappa shape index (κ3) is 3.71. The Hall–Kier alpha value is -2.28. The van der Waals surface area contributed by atoms with Gasteiger partial charge in [-0.25, -0.2) is 14.6 Å². The molecule has 7 nitrogen and oxygen atoms in total. The van der Waals surface area contributed by atoms with Crippen molar-refractivity contribution in [3.8, 4) is 5.95 Å². The number of aromatic nitrogens is 4. The molecule has 2 heterocycles. The maximum absolute atomic E-state index is 12.6. The number of carbonyl (C=O) groups excluding carboxylic acids is 1. The molecule has 0 radical (unpaired) electrons. The van der Waals surface area contributed by atoms with Crippen molar-refractivity contribution in [3.05, 3.63) is 34.9 Å². The minimum Gasteiger partial charge on any atom is -0.388 e. The van der Waals surface area contributed by atoms with Crippen LogP contribution >= 0.6 is 0 Å². The first kappa shape index (κ1) is 17.5. The molecular formula is C18H25N5O2.